The van der Waals surface area contributed by atoms with Crippen molar-refractivity contribution in [2.45, 2.75) is 6.42 Å². The number of piperazine rings is 1. The van der Waals surface area contributed by atoms with E-state index in [4.69, 9.17) is 9.47 Å². The lowest BCUT2D eigenvalue weighted by Crippen LogP contribution is -2.48. The van der Waals surface area contributed by atoms with Gasteiger partial charge in [0, 0.05) is 38.9 Å². The number of carbonyl (C=O) groups is 2. The largest absolute Gasteiger partial charge is 0.493 e. The molecule has 1 fully saturated rings. The van der Waals surface area contributed by atoms with Crippen molar-refractivity contribution in [3.05, 3.63) is 47.7 Å². The summed E-state index contributed by atoms with van der Waals surface area (Å²) < 4.78 is 10.6. The van der Waals surface area contributed by atoms with Crippen LogP contribution in [0.15, 0.2) is 36.5 Å². The second-order valence-electron chi connectivity index (χ2n) is 6.73. The Morgan fingerprint density at radius 2 is 1.86 bits per heavy atom. The number of rotatable bonds is 8. The molecule has 0 aliphatic carbocycles. The number of ether oxygens (including phenoxy) is 2. The van der Waals surface area contributed by atoms with Gasteiger partial charge in [0.1, 0.15) is 5.82 Å². The van der Waals surface area contributed by atoms with Crippen molar-refractivity contribution in [2.24, 2.45) is 0 Å². The molecule has 3 rings (SSSR count). The second-order valence-corrected chi connectivity index (χ2v) is 6.73. The minimum atomic E-state index is -0.0556. The predicted molar refractivity (Wildman–Crippen MR) is 110 cm³/mol. The zero-order valence-electron chi connectivity index (χ0n) is 16.8. The molecule has 0 radical (unpaired) electrons. The van der Waals surface area contributed by atoms with Gasteiger partial charge in [-0.1, -0.05) is 6.07 Å². The van der Waals surface area contributed by atoms with Gasteiger partial charge in [0.15, 0.2) is 11.5 Å². The van der Waals surface area contributed by atoms with Gasteiger partial charge in [0.2, 0.25) is 6.41 Å². The second kappa shape index (κ2) is 9.77. The number of nitrogens with zero attached hydrogens (tertiary/aromatic N) is 3. The minimum Gasteiger partial charge on any atom is -0.493 e. The standard InChI is InChI=1S/C21H26N4O4/c1-28-18-5-3-16(13-19(18)29-2)7-8-22-20-6-4-17(14-23-20)21(27)25-11-9-24(15-26)10-12-25/h3-6,13-15H,7-12H2,1-2H3,(H,22,23). The monoisotopic (exact) mass is 398 g/mol. The van der Waals surface area contributed by atoms with Crippen molar-refractivity contribution in [1.29, 1.82) is 0 Å². The maximum Gasteiger partial charge on any atom is 0.255 e. The van der Waals surface area contributed by atoms with Crippen LogP contribution in [0.5, 0.6) is 11.5 Å². The number of amides is 2. The van der Waals surface area contributed by atoms with Gasteiger partial charge >= 0.3 is 0 Å². The zero-order chi connectivity index (χ0) is 20.6. The Labute approximate surface area is 170 Å². The molecule has 1 N–H and O–H groups in total. The lowest BCUT2D eigenvalue weighted by atomic mass is 10.1. The predicted octanol–water partition coefficient (Wildman–Crippen LogP) is 1.67. The molecule has 2 aromatic rings. The van der Waals surface area contributed by atoms with E-state index in [9.17, 15) is 9.59 Å². The summed E-state index contributed by atoms with van der Waals surface area (Å²) in [6.45, 7) is 2.92. The summed E-state index contributed by atoms with van der Waals surface area (Å²) in [4.78, 5) is 31.1. The molecule has 0 saturated carbocycles. The van der Waals surface area contributed by atoms with Crippen LogP contribution < -0.4 is 14.8 Å². The molecular formula is C21H26N4O4. The number of hydrogen-bond donors (Lipinski definition) is 1. The normalized spacial score (nSPS) is 13.7. The number of pyridine rings is 1. The van der Waals surface area contributed by atoms with Crippen molar-refractivity contribution in [2.75, 3.05) is 52.3 Å². The summed E-state index contributed by atoms with van der Waals surface area (Å²) in [5.74, 6) is 2.08. The van der Waals surface area contributed by atoms with E-state index in [0.29, 0.717) is 55.6 Å². The van der Waals surface area contributed by atoms with E-state index >= 15 is 0 Å². The average Bonchev–Trinajstić information content (AvgIpc) is 2.79. The lowest BCUT2D eigenvalue weighted by molar-refractivity contribution is -0.119. The number of hydrogen-bond acceptors (Lipinski definition) is 6. The quantitative estimate of drug-likeness (QED) is 0.681. The van der Waals surface area contributed by atoms with Gasteiger partial charge in [0.25, 0.3) is 5.91 Å². The fraction of sp³-hybridized carbons (Fsp3) is 0.381. The number of methoxy groups -OCH3 is 2. The highest BCUT2D eigenvalue weighted by Crippen LogP contribution is 2.27. The number of carbonyl (C=O) groups excluding carboxylic acids is 2. The third-order valence-electron chi connectivity index (χ3n) is 4.93. The highest BCUT2D eigenvalue weighted by Gasteiger charge is 2.21. The molecule has 1 aliphatic rings. The molecule has 1 aromatic heterocycles. The molecule has 1 saturated heterocycles. The van der Waals surface area contributed by atoms with Crippen molar-refractivity contribution >= 4 is 18.1 Å². The molecule has 1 aliphatic heterocycles. The molecule has 29 heavy (non-hydrogen) atoms. The number of aromatic nitrogens is 1. The molecule has 8 nitrogen and oxygen atoms in total. The van der Waals surface area contributed by atoms with Crippen LogP contribution in [0, 0.1) is 0 Å². The highest BCUT2D eigenvalue weighted by molar-refractivity contribution is 5.94. The molecule has 154 valence electrons. The molecule has 8 heteroatoms. The van der Waals surface area contributed by atoms with E-state index in [0.717, 1.165) is 18.4 Å². The fourth-order valence-corrected chi connectivity index (χ4v) is 3.21. The van der Waals surface area contributed by atoms with Gasteiger partial charge in [0.05, 0.1) is 19.8 Å². The Morgan fingerprint density at radius 1 is 1.10 bits per heavy atom. The first-order valence-electron chi connectivity index (χ1n) is 9.54. The third-order valence-corrected chi connectivity index (χ3v) is 4.93. The fourth-order valence-electron chi connectivity index (χ4n) is 3.21. The third kappa shape index (κ3) is 5.16. The molecule has 2 amide bonds. The van der Waals surface area contributed by atoms with E-state index in [1.165, 1.54) is 0 Å². The van der Waals surface area contributed by atoms with Gasteiger partial charge in [-0.15, -0.1) is 0 Å². The minimum absolute atomic E-state index is 0.0556. The van der Waals surface area contributed by atoms with Crippen LogP contribution in [0.25, 0.3) is 0 Å². The smallest absolute Gasteiger partial charge is 0.255 e. The van der Waals surface area contributed by atoms with Crippen molar-refractivity contribution in [3.63, 3.8) is 0 Å². The Kier molecular flexibility index (Phi) is 6.89. The Bertz CT molecular complexity index is 833. The van der Waals surface area contributed by atoms with Crippen LogP contribution in [-0.2, 0) is 11.2 Å². The molecular weight excluding hydrogens is 372 g/mol. The summed E-state index contributed by atoms with van der Waals surface area (Å²) >= 11 is 0. The van der Waals surface area contributed by atoms with E-state index in [1.807, 2.05) is 24.3 Å². The van der Waals surface area contributed by atoms with Gasteiger partial charge < -0.3 is 24.6 Å². The molecule has 0 spiro atoms. The molecule has 1 aromatic carbocycles. The first-order chi connectivity index (χ1) is 14.1. The topological polar surface area (TPSA) is 84.0 Å². The Hall–Kier alpha value is -3.29. The number of anilines is 1. The summed E-state index contributed by atoms with van der Waals surface area (Å²) in [6, 6.07) is 9.44. The van der Waals surface area contributed by atoms with Crippen molar-refractivity contribution < 1.29 is 19.1 Å². The van der Waals surface area contributed by atoms with E-state index < -0.39 is 0 Å². The van der Waals surface area contributed by atoms with Crippen LogP contribution >= 0.6 is 0 Å². The lowest BCUT2D eigenvalue weighted by Gasteiger charge is -2.32. The van der Waals surface area contributed by atoms with E-state index in [1.54, 1.807) is 36.3 Å². The summed E-state index contributed by atoms with van der Waals surface area (Å²) in [5.41, 5.74) is 1.67. The molecule has 2 heterocycles. The van der Waals surface area contributed by atoms with Gasteiger partial charge in [-0.05, 0) is 36.2 Å². The van der Waals surface area contributed by atoms with E-state index in [-0.39, 0.29) is 5.91 Å². The molecule has 0 unspecified atom stereocenters. The van der Waals surface area contributed by atoms with Gasteiger partial charge in [-0.25, -0.2) is 4.98 Å². The van der Waals surface area contributed by atoms with Gasteiger partial charge in [-0.3, -0.25) is 9.59 Å². The summed E-state index contributed by atoms with van der Waals surface area (Å²) in [6.07, 6.45) is 3.21. The Balaban J connectivity index is 1.50. The van der Waals surface area contributed by atoms with Gasteiger partial charge in [-0.2, -0.15) is 0 Å². The van der Waals surface area contributed by atoms with Crippen molar-refractivity contribution in [1.82, 2.24) is 14.8 Å². The number of nitrogens with one attached hydrogen (secondary N) is 1. The SMILES string of the molecule is COc1ccc(CCNc2ccc(C(=O)N3CCN(C=O)CC3)cn2)cc1OC. The Morgan fingerprint density at radius 3 is 2.48 bits per heavy atom. The van der Waals surface area contributed by atoms with Crippen LogP contribution in [-0.4, -0.2) is 74.0 Å². The maximum atomic E-state index is 12.6. The van der Waals surface area contributed by atoms with Crippen LogP contribution in [0.2, 0.25) is 0 Å². The highest BCUT2D eigenvalue weighted by atomic mass is 16.5. The van der Waals surface area contributed by atoms with E-state index in [2.05, 4.69) is 10.3 Å². The van der Waals surface area contributed by atoms with Crippen LogP contribution in [0.1, 0.15) is 15.9 Å². The zero-order valence-corrected chi connectivity index (χ0v) is 16.8. The number of benzene rings is 1. The van der Waals surface area contributed by atoms with Crippen LogP contribution in [0.3, 0.4) is 0 Å². The first-order valence-corrected chi connectivity index (χ1v) is 9.54. The summed E-state index contributed by atoms with van der Waals surface area (Å²) in [5, 5.41) is 3.26. The maximum absolute atomic E-state index is 12.6. The van der Waals surface area contributed by atoms with Crippen molar-refractivity contribution in [3.8, 4) is 11.5 Å². The summed E-state index contributed by atoms with van der Waals surface area (Å²) in [7, 11) is 3.24. The average molecular weight is 398 g/mol. The van der Waals surface area contributed by atoms with Crippen LogP contribution in [0.4, 0.5) is 5.82 Å². The molecule has 0 atom stereocenters. The first kappa shape index (κ1) is 20.4. The molecule has 0 bridgehead atoms.